The van der Waals surface area contributed by atoms with E-state index in [1.54, 1.807) is 6.20 Å². The van der Waals surface area contributed by atoms with Crippen LogP contribution in [-0.4, -0.2) is 10.1 Å². The second-order valence-electron chi connectivity index (χ2n) is 3.78. The Bertz CT molecular complexity index is 575. The van der Waals surface area contributed by atoms with Crippen LogP contribution in [0.4, 0.5) is 5.82 Å². The summed E-state index contributed by atoms with van der Waals surface area (Å²) in [4.78, 5) is 4.24. The number of benzene rings is 1. The van der Waals surface area contributed by atoms with Gasteiger partial charge in [0, 0.05) is 17.2 Å². The molecule has 3 nitrogen and oxygen atoms in total. The zero-order valence-electron chi connectivity index (χ0n) is 9.86. The second-order valence-corrected chi connectivity index (χ2v) is 5.96. The molecule has 0 bridgehead atoms. The van der Waals surface area contributed by atoms with Crippen molar-refractivity contribution in [2.24, 2.45) is 0 Å². The highest BCUT2D eigenvalue weighted by Gasteiger charge is 2.04. The van der Waals surface area contributed by atoms with Gasteiger partial charge in [0.25, 0.3) is 0 Å². The van der Waals surface area contributed by atoms with Crippen LogP contribution in [0.15, 0.2) is 51.5 Å². The van der Waals surface area contributed by atoms with Gasteiger partial charge in [-0.3, -0.25) is 0 Å². The van der Waals surface area contributed by atoms with Gasteiger partial charge in [0.1, 0.15) is 5.82 Å². The Labute approximate surface area is 134 Å². The summed E-state index contributed by atoms with van der Waals surface area (Å²) in [5.41, 5.74) is 1.18. The molecule has 0 saturated carbocycles. The van der Waals surface area contributed by atoms with Crippen LogP contribution in [0.25, 0.3) is 0 Å². The summed E-state index contributed by atoms with van der Waals surface area (Å²) in [5.74, 6) is 0.689. The van der Waals surface area contributed by atoms with E-state index in [2.05, 4.69) is 47.5 Å². The largest absolute Gasteiger partial charge is 0.358 e. The number of pyridine rings is 1. The monoisotopic (exact) mass is 399 g/mol. The maximum Gasteiger partial charge on any atom is 0.172 e. The van der Waals surface area contributed by atoms with Gasteiger partial charge >= 0.3 is 0 Å². The van der Waals surface area contributed by atoms with Crippen LogP contribution in [0.3, 0.4) is 0 Å². The lowest BCUT2D eigenvalue weighted by Crippen LogP contribution is -2.28. The molecule has 0 fully saturated rings. The molecule has 98 valence electrons. The first-order valence-corrected chi connectivity index (χ1v) is 7.54. The predicted octanol–water partition coefficient (Wildman–Crippen LogP) is 4.09. The van der Waals surface area contributed by atoms with Crippen LogP contribution in [0, 0.1) is 0 Å². The number of nitrogens with one attached hydrogen (secondary N) is 2. The van der Waals surface area contributed by atoms with Gasteiger partial charge in [0.2, 0.25) is 0 Å². The van der Waals surface area contributed by atoms with Gasteiger partial charge in [0.05, 0.1) is 4.47 Å². The summed E-state index contributed by atoms with van der Waals surface area (Å²) in [6.45, 7) is 0.681. The fraction of sp³-hybridized carbons (Fsp3) is 0.0769. The molecule has 2 rings (SSSR count). The van der Waals surface area contributed by atoms with Crippen molar-refractivity contribution >= 4 is 55.0 Å². The molecule has 2 aromatic rings. The van der Waals surface area contributed by atoms with Crippen LogP contribution in [0.1, 0.15) is 5.56 Å². The molecular formula is C13H11Br2N3S. The Kier molecular flexibility index (Phi) is 5.30. The summed E-state index contributed by atoms with van der Waals surface area (Å²) >= 11 is 12.0. The summed E-state index contributed by atoms with van der Waals surface area (Å²) in [7, 11) is 0. The van der Waals surface area contributed by atoms with Crippen LogP contribution in [0.2, 0.25) is 0 Å². The van der Waals surface area contributed by atoms with E-state index in [0.717, 1.165) is 8.95 Å². The molecule has 1 heterocycles. The predicted molar refractivity (Wildman–Crippen MR) is 89.1 cm³/mol. The van der Waals surface area contributed by atoms with Crippen molar-refractivity contribution in [1.82, 2.24) is 10.3 Å². The number of hydrogen-bond acceptors (Lipinski definition) is 2. The van der Waals surface area contributed by atoms with Crippen molar-refractivity contribution < 1.29 is 0 Å². The number of hydrogen-bond donors (Lipinski definition) is 2. The first-order valence-electron chi connectivity index (χ1n) is 5.55. The minimum Gasteiger partial charge on any atom is -0.358 e. The topological polar surface area (TPSA) is 37.0 Å². The Morgan fingerprint density at radius 1 is 1.21 bits per heavy atom. The maximum atomic E-state index is 5.23. The van der Waals surface area contributed by atoms with E-state index in [9.17, 15) is 0 Å². The van der Waals surface area contributed by atoms with E-state index in [4.69, 9.17) is 12.2 Å². The standard InChI is InChI=1S/C13H11Br2N3S/c14-10-6-11(15)12(16-8-10)18-13(19)17-7-9-4-2-1-3-5-9/h1-6,8H,7H2,(H2,16,17,18,19). The lowest BCUT2D eigenvalue weighted by atomic mass is 10.2. The molecule has 0 amide bonds. The highest BCUT2D eigenvalue weighted by Crippen LogP contribution is 2.23. The Morgan fingerprint density at radius 2 is 1.95 bits per heavy atom. The molecule has 1 aromatic carbocycles. The molecule has 2 N–H and O–H groups in total. The van der Waals surface area contributed by atoms with Crippen molar-refractivity contribution in [3.63, 3.8) is 0 Å². The Morgan fingerprint density at radius 3 is 2.63 bits per heavy atom. The average Bonchev–Trinajstić information content (AvgIpc) is 2.41. The van der Waals surface area contributed by atoms with Gasteiger partial charge < -0.3 is 10.6 Å². The van der Waals surface area contributed by atoms with E-state index < -0.39 is 0 Å². The van der Waals surface area contributed by atoms with Gasteiger partial charge in [-0.2, -0.15) is 0 Å². The smallest absolute Gasteiger partial charge is 0.172 e. The molecule has 0 radical (unpaired) electrons. The minimum absolute atomic E-state index is 0.541. The molecule has 0 aliphatic carbocycles. The van der Waals surface area contributed by atoms with Gasteiger partial charge in [-0.15, -0.1) is 0 Å². The number of halogens is 2. The number of aromatic nitrogens is 1. The molecule has 0 atom stereocenters. The second kappa shape index (κ2) is 6.98. The molecular weight excluding hydrogens is 390 g/mol. The summed E-state index contributed by atoms with van der Waals surface area (Å²) in [6, 6.07) is 12.0. The van der Waals surface area contributed by atoms with Gasteiger partial charge in [-0.1, -0.05) is 30.3 Å². The van der Waals surface area contributed by atoms with E-state index in [0.29, 0.717) is 17.5 Å². The van der Waals surface area contributed by atoms with Crippen LogP contribution in [0.5, 0.6) is 0 Å². The van der Waals surface area contributed by atoms with Gasteiger partial charge in [-0.25, -0.2) is 4.98 Å². The molecule has 0 spiro atoms. The summed E-state index contributed by atoms with van der Waals surface area (Å²) in [5, 5.41) is 6.73. The molecule has 6 heteroatoms. The summed E-state index contributed by atoms with van der Waals surface area (Å²) in [6.07, 6.45) is 1.72. The zero-order chi connectivity index (χ0) is 13.7. The molecule has 19 heavy (non-hydrogen) atoms. The molecule has 0 aliphatic rings. The van der Waals surface area contributed by atoms with E-state index in [-0.39, 0.29) is 0 Å². The number of nitrogens with zero attached hydrogens (tertiary/aromatic N) is 1. The number of rotatable bonds is 3. The highest BCUT2D eigenvalue weighted by atomic mass is 79.9. The summed E-state index contributed by atoms with van der Waals surface area (Å²) < 4.78 is 1.76. The van der Waals surface area contributed by atoms with Crippen molar-refractivity contribution in [2.75, 3.05) is 5.32 Å². The third-order valence-corrected chi connectivity index (χ3v) is 3.62. The van der Waals surface area contributed by atoms with Crippen molar-refractivity contribution in [3.8, 4) is 0 Å². The van der Waals surface area contributed by atoms with E-state index in [1.807, 2.05) is 36.4 Å². The quantitative estimate of drug-likeness (QED) is 0.760. The van der Waals surface area contributed by atoms with Gasteiger partial charge in [0.15, 0.2) is 5.11 Å². The molecule has 0 aliphatic heterocycles. The minimum atomic E-state index is 0.541. The van der Waals surface area contributed by atoms with Crippen molar-refractivity contribution in [3.05, 3.63) is 57.1 Å². The molecule has 1 aromatic heterocycles. The average molecular weight is 401 g/mol. The van der Waals surface area contributed by atoms with E-state index in [1.165, 1.54) is 5.56 Å². The Balaban J connectivity index is 1.91. The van der Waals surface area contributed by atoms with Crippen LogP contribution < -0.4 is 10.6 Å². The fourth-order valence-electron chi connectivity index (χ4n) is 1.44. The van der Waals surface area contributed by atoms with Crippen molar-refractivity contribution in [1.29, 1.82) is 0 Å². The normalized spacial score (nSPS) is 10.0. The van der Waals surface area contributed by atoms with E-state index >= 15 is 0 Å². The number of anilines is 1. The number of thiocarbonyl (C=S) groups is 1. The zero-order valence-corrected chi connectivity index (χ0v) is 13.8. The first kappa shape index (κ1) is 14.4. The Hall–Kier alpha value is -0.980. The lowest BCUT2D eigenvalue weighted by Gasteiger charge is -2.11. The third kappa shape index (κ3) is 4.56. The SMILES string of the molecule is S=C(NCc1ccccc1)Nc1ncc(Br)cc1Br. The first-order chi connectivity index (χ1) is 9.15. The lowest BCUT2D eigenvalue weighted by molar-refractivity contribution is 0.925. The highest BCUT2D eigenvalue weighted by molar-refractivity contribution is 9.11. The van der Waals surface area contributed by atoms with Crippen LogP contribution in [-0.2, 0) is 6.54 Å². The molecule has 0 unspecified atom stereocenters. The fourth-order valence-corrected chi connectivity index (χ4v) is 2.69. The maximum absolute atomic E-state index is 5.23. The third-order valence-electron chi connectivity index (χ3n) is 2.34. The van der Waals surface area contributed by atoms with Crippen LogP contribution >= 0.6 is 44.1 Å². The van der Waals surface area contributed by atoms with Gasteiger partial charge in [-0.05, 0) is 55.7 Å². The van der Waals surface area contributed by atoms with Crippen molar-refractivity contribution in [2.45, 2.75) is 6.54 Å². The molecule has 0 saturated heterocycles.